The first kappa shape index (κ1) is 13.2. The number of aryl methyl sites for hydroxylation is 1. The minimum Gasteiger partial charge on any atom is -0.355 e. The zero-order chi connectivity index (χ0) is 14.7. The van der Waals surface area contributed by atoms with Gasteiger partial charge >= 0.3 is 0 Å². The van der Waals surface area contributed by atoms with Gasteiger partial charge in [0.15, 0.2) is 0 Å². The number of rotatable bonds is 3. The molecule has 1 N–H and O–H groups in total. The van der Waals surface area contributed by atoms with Crippen LogP contribution in [0.1, 0.15) is 18.1 Å². The monoisotopic (exact) mass is 272 g/mol. The summed E-state index contributed by atoms with van der Waals surface area (Å²) in [7, 11) is 0. The lowest BCUT2D eigenvalue weighted by molar-refractivity contribution is 1.14. The third-order valence-electron chi connectivity index (χ3n) is 3.69. The van der Waals surface area contributed by atoms with Gasteiger partial charge in [-0.25, -0.2) is 0 Å². The van der Waals surface area contributed by atoms with E-state index in [4.69, 9.17) is 0 Å². The van der Waals surface area contributed by atoms with Crippen molar-refractivity contribution in [2.45, 2.75) is 13.3 Å². The van der Waals surface area contributed by atoms with Crippen LogP contribution in [-0.2, 0) is 6.42 Å². The van der Waals surface area contributed by atoms with Crippen molar-refractivity contribution in [1.29, 1.82) is 5.26 Å². The molecule has 0 amide bonds. The van der Waals surface area contributed by atoms with E-state index in [1.807, 2.05) is 36.4 Å². The van der Waals surface area contributed by atoms with Crippen LogP contribution in [0.2, 0.25) is 0 Å². The van der Waals surface area contributed by atoms with Crippen molar-refractivity contribution >= 4 is 22.1 Å². The largest absolute Gasteiger partial charge is 0.355 e. The summed E-state index contributed by atoms with van der Waals surface area (Å²) in [5, 5.41) is 14.7. The van der Waals surface area contributed by atoms with Crippen LogP contribution in [0.3, 0.4) is 0 Å². The van der Waals surface area contributed by atoms with Crippen LogP contribution < -0.4 is 5.32 Å². The maximum absolute atomic E-state index is 9.20. The van der Waals surface area contributed by atoms with Gasteiger partial charge in [-0.15, -0.1) is 0 Å². The molecule has 0 spiro atoms. The molecule has 3 aromatic carbocycles. The number of benzene rings is 3. The molecule has 0 aliphatic rings. The number of anilines is 2. The van der Waals surface area contributed by atoms with E-state index in [1.165, 1.54) is 5.56 Å². The normalized spacial score (nSPS) is 10.3. The second-order valence-corrected chi connectivity index (χ2v) is 4.99. The Balaban J connectivity index is 2.02. The lowest BCUT2D eigenvalue weighted by atomic mass is 10.0. The Labute approximate surface area is 124 Å². The van der Waals surface area contributed by atoms with Gasteiger partial charge in [-0.3, -0.25) is 0 Å². The van der Waals surface area contributed by atoms with E-state index in [-0.39, 0.29) is 0 Å². The number of fused-ring (bicyclic) bond motifs is 1. The van der Waals surface area contributed by atoms with Crippen molar-refractivity contribution in [3.63, 3.8) is 0 Å². The third-order valence-corrected chi connectivity index (χ3v) is 3.69. The first-order valence-corrected chi connectivity index (χ1v) is 7.09. The summed E-state index contributed by atoms with van der Waals surface area (Å²) in [4.78, 5) is 0. The van der Waals surface area contributed by atoms with Gasteiger partial charge in [0, 0.05) is 22.1 Å². The van der Waals surface area contributed by atoms with E-state index in [0.717, 1.165) is 28.6 Å². The number of nitrogens with one attached hydrogen (secondary N) is 1. The van der Waals surface area contributed by atoms with Gasteiger partial charge in [0.05, 0.1) is 11.6 Å². The Morgan fingerprint density at radius 3 is 2.29 bits per heavy atom. The van der Waals surface area contributed by atoms with E-state index < -0.39 is 0 Å². The van der Waals surface area contributed by atoms with Crippen LogP contribution in [-0.4, -0.2) is 0 Å². The molecule has 0 saturated carbocycles. The molecule has 3 aromatic rings. The number of nitriles is 1. The van der Waals surface area contributed by atoms with Gasteiger partial charge in [0.2, 0.25) is 0 Å². The highest BCUT2D eigenvalue weighted by atomic mass is 14.9. The summed E-state index contributed by atoms with van der Waals surface area (Å²) in [6.45, 7) is 2.15. The second-order valence-electron chi connectivity index (χ2n) is 4.99. The standard InChI is InChI=1S/C19H16N2/c1-2-14-7-10-16(11-8-14)21-19-12-9-15(13-20)17-5-3-4-6-18(17)19/h3-12,21H,2H2,1H3. The second kappa shape index (κ2) is 5.68. The fourth-order valence-electron chi connectivity index (χ4n) is 2.48. The number of hydrogen-bond donors (Lipinski definition) is 1. The first-order chi connectivity index (χ1) is 10.3. The summed E-state index contributed by atoms with van der Waals surface area (Å²) >= 11 is 0. The maximum Gasteiger partial charge on any atom is 0.0998 e. The molecule has 3 rings (SSSR count). The van der Waals surface area contributed by atoms with Gasteiger partial charge in [-0.2, -0.15) is 5.26 Å². The van der Waals surface area contributed by atoms with Crippen LogP contribution in [0.15, 0.2) is 60.7 Å². The Kier molecular flexibility index (Phi) is 3.57. The Bertz CT molecular complexity index is 811. The highest BCUT2D eigenvalue weighted by Crippen LogP contribution is 2.28. The SMILES string of the molecule is CCc1ccc(Nc2ccc(C#N)c3ccccc23)cc1. The van der Waals surface area contributed by atoms with E-state index in [2.05, 4.69) is 42.6 Å². The van der Waals surface area contributed by atoms with Gasteiger partial charge < -0.3 is 5.32 Å². The predicted molar refractivity (Wildman–Crippen MR) is 87.8 cm³/mol. The molecule has 0 aliphatic carbocycles. The van der Waals surface area contributed by atoms with Crippen molar-refractivity contribution in [3.8, 4) is 6.07 Å². The fourth-order valence-corrected chi connectivity index (χ4v) is 2.48. The first-order valence-electron chi connectivity index (χ1n) is 7.09. The molecular formula is C19H16N2. The topological polar surface area (TPSA) is 35.8 Å². The predicted octanol–water partition coefficient (Wildman–Crippen LogP) is 5.02. The highest BCUT2D eigenvalue weighted by Gasteiger charge is 2.05. The number of nitrogens with zero attached hydrogens (tertiary/aromatic N) is 1. The molecule has 0 fully saturated rings. The van der Waals surface area contributed by atoms with Crippen LogP contribution in [0.25, 0.3) is 10.8 Å². The maximum atomic E-state index is 9.20. The summed E-state index contributed by atoms with van der Waals surface area (Å²) in [6.07, 6.45) is 1.04. The minimum absolute atomic E-state index is 0.706. The van der Waals surface area contributed by atoms with Crippen molar-refractivity contribution in [3.05, 3.63) is 71.8 Å². The average molecular weight is 272 g/mol. The lowest BCUT2D eigenvalue weighted by Crippen LogP contribution is -1.93. The molecule has 102 valence electrons. The summed E-state index contributed by atoms with van der Waals surface area (Å²) in [6, 6.07) is 22.5. The Morgan fingerprint density at radius 2 is 1.62 bits per heavy atom. The van der Waals surface area contributed by atoms with Crippen molar-refractivity contribution < 1.29 is 0 Å². The quantitative estimate of drug-likeness (QED) is 0.726. The van der Waals surface area contributed by atoms with Gasteiger partial charge in [-0.1, -0.05) is 43.3 Å². The van der Waals surface area contributed by atoms with E-state index in [9.17, 15) is 5.26 Å². The molecule has 0 aromatic heterocycles. The zero-order valence-corrected chi connectivity index (χ0v) is 11.9. The molecule has 0 heterocycles. The van der Waals surface area contributed by atoms with E-state index in [1.54, 1.807) is 0 Å². The molecule has 0 unspecified atom stereocenters. The fraction of sp³-hybridized carbons (Fsp3) is 0.105. The van der Waals surface area contributed by atoms with Gasteiger partial charge in [0.25, 0.3) is 0 Å². The molecule has 0 aliphatic heterocycles. The molecule has 2 nitrogen and oxygen atoms in total. The summed E-state index contributed by atoms with van der Waals surface area (Å²) in [5.74, 6) is 0. The molecule has 0 atom stereocenters. The third kappa shape index (κ3) is 2.59. The molecule has 2 heteroatoms. The molecular weight excluding hydrogens is 256 g/mol. The van der Waals surface area contributed by atoms with Crippen LogP contribution >= 0.6 is 0 Å². The summed E-state index contributed by atoms with van der Waals surface area (Å²) < 4.78 is 0. The minimum atomic E-state index is 0.706. The van der Waals surface area contributed by atoms with Crippen LogP contribution in [0.5, 0.6) is 0 Å². The molecule has 0 saturated heterocycles. The van der Waals surface area contributed by atoms with E-state index >= 15 is 0 Å². The van der Waals surface area contributed by atoms with Crippen LogP contribution in [0, 0.1) is 11.3 Å². The van der Waals surface area contributed by atoms with Gasteiger partial charge in [0.1, 0.15) is 0 Å². The summed E-state index contributed by atoms with van der Waals surface area (Å²) in [5.41, 5.74) is 4.11. The lowest BCUT2D eigenvalue weighted by Gasteiger charge is -2.11. The molecule has 0 bridgehead atoms. The van der Waals surface area contributed by atoms with Crippen molar-refractivity contribution in [2.24, 2.45) is 0 Å². The van der Waals surface area contributed by atoms with Crippen molar-refractivity contribution in [2.75, 3.05) is 5.32 Å². The smallest absolute Gasteiger partial charge is 0.0998 e. The van der Waals surface area contributed by atoms with Crippen molar-refractivity contribution in [1.82, 2.24) is 0 Å². The average Bonchev–Trinajstić information content (AvgIpc) is 2.56. The Hall–Kier alpha value is -2.79. The van der Waals surface area contributed by atoms with Gasteiger partial charge in [-0.05, 0) is 36.2 Å². The molecule has 21 heavy (non-hydrogen) atoms. The Morgan fingerprint density at radius 1 is 0.905 bits per heavy atom. The number of hydrogen-bond acceptors (Lipinski definition) is 2. The highest BCUT2D eigenvalue weighted by molar-refractivity contribution is 5.98. The molecule has 0 radical (unpaired) electrons. The van der Waals surface area contributed by atoms with E-state index in [0.29, 0.717) is 5.56 Å². The van der Waals surface area contributed by atoms with Crippen LogP contribution in [0.4, 0.5) is 11.4 Å². The zero-order valence-electron chi connectivity index (χ0n) is 11.9.